The van der Waals surface area contributed by atoms with Gasteiger partial charge in [-0.15, -0.1) is 0 Å². The molecule has 0 aliphatic carbocycles. The lowest BCUT2D eigenvalue weighted by Gasteiger charge is -2.17. The van der Waals surface area contributed by atoms with Gasteiger partial charge in [0.15, 0.2) is 0 Å². The molecule has 0 radical (unpaired) electrons. The number of rotatable bonds is 8. The van der Waals surface area contributed by atoms with Gasteiger partial charge in [0.25, 0.3) is 0 Å². The zero-order chi connectivity index (χ0) is 23.4. The second-order valence-electron chi connectivity index (χ2n) is 8.03. The van der Waals surface area contributed by atoms with Crippen LogP contribution in [0, 0.1) is 5.82 Å². The molecule has 1 unspecified atom stereocenters. The zero-order valence-electron chi connectivity index (χ0n) is 18.3. The van der Waals surface area contributed by atoms with Crippen molar-refractivity contribution in [2.24, 2.45) is 0 Å². The molecule has 170 valence electrons. The minimum atomic E-state index is -0.294. The van der Waals surface area contributed by atoms with Gasteiger partial charge in [0, 0.05) is 52.6 Å². The minimum Gasteiger partial charge on any atom is -0.356 e. The Balaban J connectivity index is 1.56. The molecule has 0 saturated heterocycles. The normalized spacial score (nSPS) is 12.1. The summed E-state index contributed by atoms with van der Waals surface area (Å²) in [6.07, 6.45) is 2.98. The number of carbonyl (C=O) groups excluding carboxylic acids is 1. The predicted molar refractivity (Wildman–Crippen MR) is 134 cm³/mol. The number of aromatic nitrogens is 1. The van der Waals surface area contributed by atoms with Crippen LogP contribution >= 0.6 is 23.2 Å². The number of fused-ring (bicyclic) bond motifs is 1. The number of hydrogen-bond donors (Lipinski definition) is 1. The van der Waals surface area contributed by atoms with Crippen molar-refractivity contribution in [1.29, 1.82) is 0 Å². The summed E-state index contributed by atoms with van der Waals surface area (Å²) in [5, 5.41) is 5.29. The van der Waals surface area contributed by atoms with Crippen molar-refractivity contribution in [3.63, 3.8) is 0 Å². The molecule has 3 nitrogen and oxygen atoms in total. The predicted octanol–water partition coefficient (Wildman–Crippen LogP) is 6.99. The summed E-state index contributed by atoms with van der Waals surface area (Å²) in [4.78, 5) is 13.0. The second-order valence-corrected chi connectivity index (χ2v) is 8.88. The first-order valence-electron chi connectivity index (χ1n) is 11.0. The Labute approximate surface area is 203 Å². The Morgan fingerprint density at radius 3 is 2.55 bits per heavy atom. The summed E-state index contributed by atoms with van der Waals surface area (Å²) >= 11 is 12.2. The Bertz CT molecular complexity index is 1270. The van der Waals surface area contributed by atoms with Crippen LogP contribution in [0.4, 0.5) is 4.39 Å². The molecule has 0 fully saturated rings. The highest BCUT2D eigenvalue weighted by Crippen LogP contribution is 2.35. The number of para-hydroxylation sites is 1. The van der Waals surface area contributed by atoms with Crippen LogP contribution in [0.2, 0.25) is 10.0 Å². The maximum absolute atomic E-state index is 13.6. The number of hydrogen-bond acceptors (Lipinski definition) is 1. The first-order chi connectivity index (χ1) is 16.0. The Morgan fingerprint density at radius 2 is 1.82 bits per heavy atom. The first kappa shape index (κ1) is 23.3. The van der Waals surface area contributed by atoms with E-state index in [1.54, 1.807) is 24.3 Å². The number of carbonyl (C=O) groups is 1. The van der Waals surface area contributed by atoms with Gasteiger partial charge >= 0.3 is 0 Å². The lowest BCUT2D eigenvalue weighted by molar-refractivity contribution is -0.121. The van der Waals surface area contributed by atoms with Crippen molar-refractivity contribution < 1.29 is 9.18 Å². The highest BCUT2D eigenvalue weighted by atomic mass is 35.5. The van der Waals surface area contributed by atoms with Crippen molar-refractivity contribution in [2.45, 2.75) is 32.2 Å². The standard InChI is InChI=1S/C27H25Cl2FN2O/c1-2-32-17-24(22-5-3-4-6-26(22)32)23(18-8-11-21(30)12-9-18)16-27(33)31-14-13-19-7-10-20(28)15-25(19)29/h3-12,15,17,23H,2,13-14,16H2,1H3,(H,31,33). The highest BCUT2D eigenvalue weighted by molar-refractivity contribution is 6.35. The maximum Gasteiger partial charge on any atom is 0.220 e. The molecule has 0 aliphatic heterocycles. The molecule has 1 aromatic heterocycles. The molecule has 0 spiro atoms. The van der Waals surface area contributed by atoms with E-state index < -0.39 is 0 Å². The summed E-state index contributed by atoms with van der Waals surface area (Å²) in [7, 11) is 0. The molecule has 3 aromatic carbocycles. The van der Waals surface area contributed by atoms with E-state index in [9.17, 15) is 9.18 Å². The van der Waals surface area contributed by atoms with E-state index in [0.29, 0.717) is 23.0 Å². The van der Waals surface area contributed by atoms with Crippen molar-refractivity contribution in [3.8, 4) is 0 Å². The summed E-state index contributed by atoms with van der Waals surface area (Å²) in [5.74, 6) is -0.553. The number of aryl methyl sites for hydroxylation is 1. The van der Waals surface area contributed by atoms with E-state index in [2.05, 4.69) is 35.1 Å². The van der Waals surface area contributed by atoms with Crippen molar-refractivity contribution in [1.82, 2.24) is 9.88 Å². The summed E-state index contributed by atoms with van der Waals surface area (Å²) in [5.41, 5.74) is 4.03. The monoisotopic (exact) mass is 482 g/mol. The van der Waals surface area contributed by atoms with Gasteiger partial charge in [-0.1, -0.05) is 59.6 Å². The molecule has 1 N–H and O–H groups in total. The maximum atomic E-state index is 13.6. The van der Waals surface area contributed by atoms with E-state index in [1.807, 2.05) is 18.2 Å². The van der Waals surface area contributed by atoms with Gasteiger partial charge in [0.05, 0.1) is 0 Å². The highest BCUT2D eigenvalue weighted by Gasteiger charge is 2.22. The average molecular weight is 483 g/mol. The largest absolute Gasteiger partial charge is 0.356 e. The molecule has 0 bridgehead atoms. The molecule has 1 heterocycles. The van der Waals surface area contributed by atoms with E-state index in [0.717, 1.165) is 34.1 Å². The van der Waals surface area contributed by atoms with Crippen LogP contribution in [-0.2, 0) is 17.8 Å². The van der Waals surface area contributed by atoms with E-state index >= 15 is 0 Å². The van der Waals surface area contributed by atoms with Gasteiger partial charge < -0.3 is 9.88 Å². The van der Waals surface area contributed by atoms with E-state index in [4.69, 9.17) is 23.2 Å². The number of nitrogens with zero attached hydrogens (tertiary/aromatic N) is 1. The lowest BCUT2D eigenvalue weighted by atomic mass is 9.88. The van der Waals surface area contributed by atoms with Crippen LogP contribution in [0.15, 0.2) is 72.9 Å². The number of nitrogens with one attached hydrogen (secondary N) is 1. The van der Waals surface area contributed by atoms with Crippen LogP contribution in [0.1, 0.15) is 36.0 Å². The molecule has 33 heavy (non-hydrogen) atoms. The smallest absolute Gasteiger partial charge is 0.220 e. The molecule has 1 atom stereocenters. The zero-order valence-corrected chi connectivity index (χ0v) is 19.8. The van der Waals surface area contributed by atoms with Gasteiger partial charge in [-0.2, -0.15) is 0 Å². The third-order valence-corrected chi connectivity index (χ3v) is 6.52. The SMILES string of the molecule is CCn1cc(C(CC(=O)NCCc2ccc(Cl)cc2Cl)c2ccc(F)cc2)c2ccccc21. The average Bonchev–Trinajstić information content (AvgIpc) is 3.18. The topological polar surface area (TPSA) is 34.0 Å². The van der Waals surface area contributed by atoms with Crippen LogP contribution < -0.4 is 5.32 Å². The molecule has 4 rings (SSSR count). The van der Waals surface area contributed by atoms with Crippen LogP contribution in [0.5, 0.6) is 0 Å². The molecule has 1 amide bonds. The third-order valence-electron chi connectivity index (χ3n) is 5.93. The Kier molecular flexibility index (Phi) is 7.36. The fraction of sp³-hybridized carbons (Fsp3) is 0.222. The van der Waals surface area contributed by atoms with Crippen LogP contribution in [-0.4, -0.2) is 17.0 Å². The molecular weight excluding hydrogens is 458 g/mol. The third kappa shape index (κ3) is 5.40. The van der Waals surface area contributed by atoms with Crippen LogP contribution in [0.3, 0.4) is 0 Å². The fourth-order valence-corrected chi connectivity index (χ4v) is 4.74. The summed E-state index contributed by atoms with van der Waals surface area (Å²) in [6, 6.07) is 20.0. The lowest BCUT2D eigenvalue weighted by Crippen LogP contribution is -2.27. The molecule has 4 aromatic rings. The quantitative estimate of drug-likeness (QED) is 0.288. The Hall–Kier alpha value is -2.82. The van der Waals surface area contributed by atoms with Gasteiger partial charge in [0.2, 0.25) is 5.91 Å². The van der Waals surface area contributed by atoms with Gasteiger partial charge in [-0.05, 0) is 60.4 Å². The number of amides is 1. The molecular formula is C27H25Cl2FN2O. The van der Waals surface area contributed by atoms with E-state index in [-0.39, 0.29) is 24.1 Å². The van der Waals surface area contributed by atoms with Crippen molar-refractivity contribution in [2.75, 3.05) is 6.54 Å². The van der Waals surface area contributed by atoms with Gasteiger partial charge in [-0.25, -0.2) is 4.39 Å². The first-order valence-corrected chi connectivity index (χ1v) is 11.8. The van der Waals surface area contributed by atoms with Gasteiger partial charge in [-0.3, -0.25) is 4.79 Å². The van der Waals surface area contributed by atoms with Gasteiger partial charge in [0.1, 0.15) is 5.82 Å². The second kappa shape index (κ2) is 10.4. The summed E-state index contributed by atoms with van der Waals surface area (Å²) < 4.78 is 15.8. The molecule has 0 saturated carbocycles. The van der Waals surface area contributed by atoms with Crippen molar-refractivity contribution in [3.05, 3.63) is 105 Å². The summed E-state index contributed by atoms with van der Waals surface area (Å²) in [6.45, 7) is 3.38. The fourth-order valence-electron chi connectivity index (χ4n) is 4.24. The number of benzene rings is 3. The van der Waals surface area contributed by atoms with Crippen LogP contribution in [0.25, 0.3) is 10.9 Å². The molecule has 6 heteroatoms. The van der Waals surface area contributed by atoms with Crippen molar-refractivity contribution >= 4 is 40.0 Å². The molecule has 0 aliphatic rings. The number of halogens is 3. The Morgan fingerprint density at radius 1 is 1.06 bits per heavy atom. The minimum absolute atomic E-state index is 0.0669. The van der Waals surface area contributed by atoms with E-state index in [1.165, 1.54) is 12.1 Å².